The zero-order valence-electron chi connectivity index (χ0n) is 8.57. The number of halogens is 1. The van der Waals surface area contributed by atoms with Crippen LogP contribution in [-0.2, 0) is 0 Å². The maximum absolute atomic E-state index is 11.9. The second kappa shape index (κ2) is 4.10. The molecule has 0 fully saturated rings. The monoisotopic (exact) mass is 235 g/mol. The summed E-state index contributed by atoms with van der Waals surface area (Å²) < 4.78 is 0. The summed E-state index contributed by atoms with van der Waals surface area (Å²) in [6.07, 6.45) is 0. The summed E-state index contributed by atoms with van der Waals surface area (Å²) in [7, 11) is 0. The van der Waals surface area contributed by atoms with Gasteiger partial charge in [0, 0.05) is 5.88 Å². The molecule has 0 spiro atoms. The van der Waals surface area contributed by atoms with E-state index in [-0.39, 0.29) is 24.2 Å². The number of hydrogen-bond donors (Lipinski definition) is 0. The summed E-state index contributed by atoms with van der Waals surface area (Å²) >= 11 is 5.59. The van der Waals surface area contributed by atoms with Crippen molar-refractivity contribution in [2.45, 2.75) is 0 Å². The van der Waals surface area contributed by atoms with Crippen LogP contribution in [0.5, 0.6) is 0 Å². The van der Waals surface area contributed by atoms with Crippen molar-refractivity contribution in [3.8, 4) is 0 Å². The van der Waals surface area contributed by atoms with E-state index in [1.54, 1.807) is 24.3 Å². The van der Waals surface area contributed by atoms with Crippen LogP contribution in [0.25, 0.3) is 0 Å². The predicted octanol–water partition coefficient (Wildman–Crippen LogP) is 2.08. The lowest BCUT2D eigenvalue weighted by Gasteiger charge is -2.13. The molecule has 0 unspecified atom stereocenters. The van der Waals surface area contributed by atoms with E-state index < -0.39 is 0 Å². The Labute approximate surface area is 98.3 Å². The molecule has 1 aromatic rings. The predicted molar refractivity (Wildman–Crippen MR) is 61.7 cm³/mol. The third-order valence-electron chi connectivity index (χ3n) is 2.45. The highest BCUT2D eigenvalue weighted by molar-refractivity contribution is 6.22. The van der Waals surface area contributed by atoms with Crippen LogP contribution in [-0.4, -0.2) is 29.1 Å². The molecule has 2 rings (SSSR count). The Morgan fingerprint density at radius 1 is 1.19 bits per heavy atom. The van der Waals surface area contributed by atoms with Crippen LogP contribution in [0.1, 0.15) is 20.7 Å². The number of benzene rings is 1. The Morgan fingerprint density at radius 2 is 1.69 bits per heavy atom. The van der Waals surface area contributed by atoms with Crippen molar-refractivity contribution in [1.29, 1.82) is 0 Å². The molecule has 1 aliphatic rings. The minimum atomic E-state index is -0.271. The molecule has 1 aliphatic heterocycles. The standard InChI is InChI=1S/C12H10ClNO2/c1-8(6-13)7-14-11(15)9-4-2-3-5-10(9)12(14)16/h2-5H,1,6-7H2. The summed E-state index contributed by atoms with van der Waals surface area (Å²) in [6.45, 7) is 3.88. The van der Waals surface area contributed by atoms with Crippen LogP contribution in [0.15, 0.2) is 36.4 Å². The largest absolute Gasteiger partial charge is 0.270 e. The Bertz CT molecular complexity index is 447. The van der Waals surface area contributed by atoms with E-state index in [4.69, 9.17) is 11.6 Å². The van der Waals surface area contributed by atoms with Crippen molar-refractivity contribution in [1.82, 2.24) is 4.90 Å². The zero-order valence-corrected chi connectivity index (χ0v) is 9.33. The van der Waals surface area contributed by atoms with Gasteiger partial charge in [0.25, 0.3) is 11.8 Å². The average molecular weight is 236 g/mol. The number of carbonyl (C=O) groups is 2. The van der Waals surface area contributed by atoms with Crippen LogP contribution < -0.4 is 0 Å². The molecule has 1 heterocycles. The molecule has 0 radical (unpaired) electrons. The minimum absolute atomic E-state index is 0.190. The van der Waals surface area contributed by atoms with Gasteiger partial charge in [-0.1, -0.05) is 18.7 Å². The number of carbonyl (C=O) groups excluding carboxylic acids is 2. The first-order valence-corrected chi connectivity index (χ1v) is 5.36. The van der Waals surface area contributed by atoms with Gasteiger partial charge in [-0.05, 0) is 17.7 Å². The van der Waals surface area contributed by atoms with Crippen molar-refractivity contribution >= 4 is 23.4 Å². The highest BCUT2D eigenvalue weighted by atomic mass is 35.5. The fraction of sp³-hybridized carbons (Fsp3) is 0.167. The summed E-state index contributed by atoms with van der Waals surface area (Å²) in [6, 6.07) is 6.78. The average Bonchev–Trinajstić information content (AvgIpc) is 2.55. The van der Waals surface area contributed by atoms with Crippen molar-refractivity contribution < 1.29 is 9.59 Å². The molecule has 0 atom stereocenters. The zero-order chi connectivity index (χ0) is 11.7. The van der Waals surface area contributed by atoms with Gasteiger partial charge >= 0.3 is 0 Å². The minimum Gasteiger partial charge on any atom is -0.270 e. The maximum Gasteiger partial charge on any atom is 0.261 e. The van der Waals surface area contributed by atoms with Gasteiger partial charge < -0.3 is 0 Å². The fourth-order valence-electron chi connectivity index (χ4n) is 1.65. The van der Waals surface area contributed by atoms with Crippen LogP contribution in [0.2, 0.25) is 0 Å². The van der Waals surface area contributed by atoms with E-state index in [1.165, 1.54) is 4.90 Å². The molecule has 1 aromatic carbocycles. The molecule has 0 aliphatic carbocycles. The number of hydrogen-bond acceptors (Lipinski definition) is 2. The fourth-order valence-corrected chi connectivity index (χ4v) is 1.73. The highest BCUT2D eigenvalue weighted by Gasteiger charge is 2.34. The molecule has 0 saturated carbocycles. The third kappa shape index (κ3) is 1.63. The number of amides is 2. The first kappa shape index (κ1) is 10.9. The summed E-state index contributed by atoms with van der Waals surface area (Å²) in [5, 5.41) is 0. The number of fused-ring (bicyclic) bond motifs is 1. The van der Waals surface area contributed by atoms with Crippen LogP contribution in [0, 0.1) is 0 Å². The molecule has 82 valence electrons. The second-order valence-electron chi connectivity index (χ2n) is 3.63. The third-order valence-corrected chi connectivity index (χ3v) is 2.83. The Balaban J connectivity index is 2.32. The second-order valence-corrected chi connectivity index (χ2v) is 3.89. The van der Waals surface area contributed by atoms with Gasteiger partial charge in [0.05, 0.1) is 17.7 Å². The topological polar surface area (TPSA) is 37.4 Å². The van der Waals surface area contributed by atoms with E-state index >= 15 is 0 Å². The molecule has 0 N–H and O–H groups in total. The van der Waals surface area contributed by atoms with Crippen molar-refractivity contribution in [2.75, 3.05) is 12.4 Å². The lowest BCUT2D eigenvalue weighted by molar-refractivity contribution is 0.0668. The van der Waals surface area contributed by atoms with Crippen molar-refractivity contribution in [2.24, 2.45) is 0 Å². The molecule has 3 nitrogen and oxygen atoms in total. The first-order valence-electron chi connectivity index (χ1n) is 4.83. The van der Waals surface area contributed by atoms with E-state index in [0.717, 1.165) is 0 Å². The van der Waals surface area contributed by atoms with E-state index in [2.05, 4.69) is 6.58 Å². The van der Waals surface area contributed by atoms with Gasteiger partial charge in [-0.2, -0.15) is 0 Å². The van der Waals surface area contributed by atoms with Crippen LogP contribution in [0.4, 0.5) is 0 Å². The van der Waals surface area contributed by atoms with E-state index in [1.807, 2.05) is 0 Å². The lowest BCUT2D eigenvalue weighted by atomic mass is 10.1. The summed E-state index contributed by atoms with van der Waals surface area (Å²) in [5.41, 5.74) is 1.56. The van der Waals surface area contributed by atoms with E-state index in [9.17, 15) is 9.59 Å². The molecular weight excluding hydrogens is 226 g/mol. The molecule has 0 bridgehead atoms. The van der Waals surface area contributed by atoms with Gasteiger partial charge in [-0.25, -0.2) is 0 Å². The number of alkyl halides is 1. The normalized spacial score (nSPS) is 14.2. The van der Waals surface area contributed by atoms with Gasteiger partial charge in [0.2, 0.25) is 0 Å². The smallest absolute Gasteiger partial charge is 0.261 e. The SMILES string of the molecule is C=C(CCl)CN1C(=O)c2ccccc2C1=O. The number of rotatable bonds is 3. The first-order chi connectivity index (χ1) is 7.65. The Hall–Kier alpha value is -1.61. The maximum atomic E-state index is 11.9. The summed E-state index contributed by atoms with van der Waals surface area (Å²) in [4.78, 5) is 24.9. The van der Waals surface area contributed by atoms with Crippen molar-refractivity contribution in [3.05, 3.63) is 47.5 Å². The van der Waals surface area contributed by atoms with E-state index in [0.29, 0.717) is 16.7 Å². The van der Waals surface area contributed by atoms with Crippen LogP contribution in [0.3, 0.4) is 0 Å². The van der Waals surface area contributed by atoms with Gasteiger partial charge in [0.1, 0.15) is 0 Å². The molecule has 2 amide bonds. The molecular formula is C12H10ClNO2. The molecule has 4 heteroatoms. The molecule has 16 heavy (non-hydrogen) atoms. The number of nitrogens with zero attached hydrogens (tertiary/aromatic N) is 1. The van der Waals surface area contributed by atoms with Crippen molar-refractivity contribution in [3.63, 3.8) is 0 Å². The summed E-state index contributed by atoms with van der Waals surface area (Å²) in [5.74, 6) is -0.299. The molecule has 0 saturated heterocycles. The molecule has 0 aromatic heterocycles. The number of imide groups is 1. The quantitative estimate of drug-likeness (QED) is 0.457. The van der Waals surface area contributed by atoms with Crippen LogP contribution >= 0.6 is 11.6 Å². The Kier molecular flexibility index (Phi) is 2.79. The highest BCUT2D eigenvalue weighted by Crippen LogP contribution is 2.22. The van der Waals surface area contributed by atoms with Gasteiger partial charge in [-0.15, -0.1) is 11.6 Å². The lowest BCUT2D eigenvalue weighted by Crippen LogP contribution is -2.31. The van der Waals surface area contributed by atoms with Gasteiger partial charge in [-0.3, -0.25) is 14.5 Å². The van der Waals surface area contributed by atoms with Gasteiger partial charge in [0.15, 0.2) is 0 Å². The Morgan fingerprint density at radius 3 is 2.12 bits per heavy atom.